The molecule has 0 bridgehead atoms. The average molecular weight is 291 g/mol. The maximum atomic E-state index is 12.3. The zero-order valence-electron chi connectivity index (χ0n) is 13.0. The van der Waals surface area contributed by atoms with Crippen molar-refractivity contribution in [2.75, 3.05) is 26.2 Å². The number of carbonyl (C=O) groups is 1. The SMILES string of the molecule is CC(C)(C(=O)NCCCOc1cccnc1)N1CCCC1. The molecular weight excluding hydrogens is 266 g/mol. The second kappa shape index (κ2) is 7.41. The number of rotatable bonds is 7. The highest BCUT2D eigenvalue weighted by molar-refractivity contribution is 5.85. The number of carbonyl (C=O) groups excluding carboxylic acids is 1. The number of nitrogens with one attached hydrogen (secondary N) is 1. The van der Waals surface area contributed by atoms with Crippen molar-refractivity contribution in [1.82, 2.24) is 15.2 Å². The van der Waals surface area contributed by atoms with Crippen LogP contribution in [0.1, 0.15) is 33.1 Å². The molecule has 1 aliphatic heterocycles. The second-order valence-corrected chi connectivity index (χ2v) is 5.90. The van der Waals surface area contributed by atoms with Gasteiger partial charge < -0.3 is 10.1 Å². The number of amides is 1. The first kappa shape index (κ1) is 15.8. The Labute approximate surface area is 126 Å². The monoisotopic (exact) mass is 291 g/mol. The largest absolute Gasteiger partial charge is 0.492 e. The van der Waals surface area contributed by atoms with Gasteiger partial charge in [-0.2, -0.15) is 0 Å². The summed E-state index contributed by atoms with van der Waals surface area (Å²) in [4.78, 5) is 18.5. The van der Waals surface area contributed by atoms with Crippen molar-refractivity contribution in [3.8, 4) is 5.75 Å². The Bertz CT molecular complexity index is 442. The molecule has 1 N–H and O–H groups in total. The van der Waals surface area contributed by atoms with E-state index < -0.39 is 5.54 Å². The third kappa shape index (κ3) is 4.43. The topological polar surface area (TPSA) is 54.5 Å². The molecule has 0 spiro atoms. The molecule has 1 aromatic rings. The molecule has 0 atom stereocenters. The summed E-state index contributed by atoms with van der Waals surface area (Å²) < 4.78 is 5.55. The summed E-state index contributed by atoms with van der Waals surface area (Å²) in [7, 11) is 0. The van der Waals surface area contributed by atoms with Crippen LogP contribution in [-0.2, 0) is 4.79 Å². The number of hydrogen-bond donors (Lipinski definition) is 1. The first-order valence-electron chi connectivity index (χ1n) is 7.67. The van der Waals surface area contributed by atoms with Crippen LogP contribution < -0.4 is 10.1 Å². The number of ether oxygens (including phenoxy) is 1. The lowest BCUT2D eigenvalue weighted by Crippen LogP contribution is -2.54. The molecule has 2 rings (SSSR count). The zero-order chi connectivity index (χ0) is 15.1. The fraction of sp³-hybridized carbons (Fsp3) is 0.625. The summed E-state index contributed by atoms with van der Waals surface area (Å²) in [6.07, 6.45) is 6.57. The number of hydrogen-bond acceptors (Lipinski definition) is 4. The fourth-order valence-corrected chi connectivity index (χ4v) is 2.53. The minimum Gasteiger partial charge on any atom is -0.492 e. The summed E-state index contributed by atoms with van der Waals surface area (Å²) in [5.74, 6) is 0.868. The predicted molar refractivity (Wildman–Crippen MR) is 82.2 cm³/mol. The molecule has 1 aliphatic rings. The molecule has 0 unspecified atom stereocenters. The summed E-state index contributed by atoms with van der Waals surface area (Å²) in [6.45, 7) is 7.25. The van der Waals surface area contributed by atoms with Crippen molar-refractivity contribution in [2.45, 2.75) is 38.6 Å². The first-order valence-corrected chi connectivity index (χ1v) is 7.67. The number of nitrogens with zero attached hydrogens (tertiary/aromatic N) is 2. The molecule has 1 aromatic heterocycles. The van der Waals surface area contributed by atoms with E-state index in [9.17, 15) is 4.79 Å². The third-order valence-corrected chi connectivity index (χ3v) is 3.96. The Balaban J connectivity index is 1.65. The number of pyridine rings is 1. The van der Waals surface area contributed by atoms with E-state index in [-0.39, 0.29) is 5.91 Å². The first-order chi connectivity index (χ1) is 10.1. The van der Waals surface area contributed by atoms with Gasteiger partial charge in [0.25, 0.3) is 0 Å². The van der Waals surface area contributed by atoms with Crippen molar-refractivity contribution in [3.63, 3.8) is 0 Å². The fourth-order valence-electron chi connectivity index (χ4n) is 2.53. The Morgan fingerprint density at radius 3 is 2.86 bits per heavy atom. The van der Waals surface area contributed by atoms with Gasteiger partial charge in [-0.25, -0.2) is 0 Å². The third-order valence-electron chi connectivity index (χ3n) is 3.96. The Kier molecular flexibility index (Phi) is 5.56. The molecule has 1 saturated heterocycles. The second-order valence-electron chi connectivity index (χ2n) is 5.90. The van der Waals surface area contributed by atoms with Gasteiger partial charge in [-0.05, 0) is 58.3 Å². The molecule has 1 amide bonds. The van der Waals surface area contributed by atoms with Crippen LogP contribution in [0, 0.1) is 0 Å². The highest BCUT2D eigenvalue weighted by Crippen LogP contribution is 2.20. The minimum absolute atomic E-state index is 0.103. The molecule has 5 heteroatoms. The molecule has 116 valence electrons. The van der Waals surface area contributed by atoms with E-state index in [1.54, 1.807) is 12.4 Å². The van der Waals surface area contributed by atoms with Crippen LogP contribution in [0.2, 0.25) is 0 Å². The van der Waals surface area contributed by atoms with Crippen LogP contribution in [0.4, 0.5) is 0 Å². The van der Waals surface area contributed by atoms with E-state index >= 15 is 0 Å². The van der Waals surface area contributed by atoms with E-state index in [1.165, 1.54) is 12.8 Å². The average Bonchev–Trinajstić information content (AvgIpc) is 3.02. The van der Waals surface area contributed by atoms with Crippen molar-refractivity contribution in [1.29, 1.82) is 0 Å². The quantitative estimate of drug-likeness (QED) is 0.779. The van der Waals surface area contributed by atoms with Crippen molar-refractivity contribution in [2.24, 2.45) is 0 Å². The predicted octanol–water partition coefficient (Wildman–Crippen LogP) is 1.84. The van der Waals surface area contributed by atoms with E-state index in [0.717, 1.165) is 25.3 Å². The smallest absolute Gasteiger partial charge is 0.239 e. The summed E-state index contributed by atoms with van der Waals surface area (Å²) in [5.41, 5.74) is -0.416. The van der Waals surface area contributed by atoms with E-state index in [4.69, 9.17) is 4.74 Å². The van der Waals surface area contributed by atoms with Crippen LogP contribution in [-0.4, -0.2) is 47.6 Å². The van der Waals surface area contributed by atoms with Crippen LogP contribution in [0.3, 0.4) is 0 Å². The van der Waals surface area contributed by atoms with Gasteiger partial charge >= 0.3 is 0 Å². The molecule has 0 saturated carbocycles. The summed E-state index contributed by atoms with van der Waals surface area (Å²) >= 11 is 0. The minimum atomic E-state index is -0.416. The Morgan fingerprint density at radius 2 is 2.19 bits per heavy atom. The lowest BCUT2D eigenvalue weighted by Gasteiger charge is -2.33. The maximum Gasteiger partial charge on any atom is 0.239 e. The van der Waals surface area contributed by atoms with E-state index in [1.807, 2.05) is 26.0 Å². The maximum absolute atomic E-state index is 12.3. The van der Waals surface area contributed by atoms with Gasteiger partial charge in [0.15, 0.2) is 0 Å². The standard InChI is InChI=1S/C16H25N3O2/c1-16(2,19-10-3-4-11-19)15(20)18-9-6-12-21-14-7-5-8-17-13-14/h5,7-8,13H,3-4,6,9-12H2,1-2H3,(H,18,20). The molecule has 1 fully saturated rings. The van der Waals surface area contributed by atoms with Crippen LogP contribution in [0.5, 0.6) is 5.75 Å². The molecule has 0 radical (unpaired) electrons. The molecule has 0 aliphatic carbocycles. The lowest BCUT2D eigenvalue weighted by molar-refractivity contribution is -0.131. The highest BCUT2D eigenvalue weighted by Gasteiger charge is 2.35. The van der Waals surface area contributed by atoms with Gasteiger partial charge in [-0.15, -0.1) is 0 Å². The van der Waals surface area contributed by atoms with Gasteiger partial charge in [0.1, 0.15) is 5.75 Å². The van der Waals surface area contributed by atoms with Crippen LogP contribution >= 0.6 is 0 Å². The molecule has 5 nitrogen and oxygen atoms in total. The van der Waals surface area contributed by atoms with Gasteiger partial charge in [0.2, 0.25) is 5.91 Å². The van der Waals surface area contributed by atoms with Gasteiger partial charge in [-0.3, -0.25) is 14.7 Å². The molecule has 2 heterocycles. The van der Waals surface area contributed by atoms with Crippen molar-refractivity contribution < 1.29 is 9.53 Å². The van der Waals surface area contributed by atoms with Crippen LogP contribution in [0.25, 0.3) is 0 Å². The normalized spacial score (nSPS) is 15.9. The summed E-state index contributed by atoms with van der Waals surface area (Å²) in [5, 5.41) is 3.01. The van der Waals surface area contributed by atoms with E-state index in [2.05, 4.69) is 15.2 Å². The Hall–Kier alpha value is -1.62. The van der Waals surface area contributed by atoms with Gasteiger partial charge in [0.05, 0.1) is 18.3 Å². The lowest BCUT2D eigenvalue weighted by atomic mass is 10.0. The zero-order valence-corrected chi connectivity index (χ0v) is 13.0. The van der Waals surface area contributed by atoms with Gasteiger partial charge in [-0.1, -0.05) is 0 Å². The van der Waals surface area contributed by atoms with Gasteiger partial charge in [0, 0.05) is 12.7 Å². The number of likely N-dealkylation sites (tertiary alicyclic amines) is 1. The number of aromatic nitrogens is 1. The highest BCUT2D eigenvalue weighted by atomic mass is 16.5. The van der Waals surface area contributed by atoms with Crippen molar-refractivity contribution >= 4 is 5.91 Å². The van der Waals surface area contributed by atoms with Crippen LogP contribution in [0.15, 0.2) is 24.5 Å². The summed E-state index contributed by atoms with van der Waals surface area (Å²) in [6, 6.07) is 3.72. The van der Waals surface area contributed by atoms with E-state index in [0.29, 0.717) is 13.2 Å². The molecule has 21 heavy (non-hydrogen) atoms. The molecular formula is C16H25N3O2. The van der Waals surface area contributed by atoms with Crippen molar-refractivity contribution in [3.05, 3.63) is 24.5 Å². The Morgan fingerprint density at radius 1 is 1.43 bits per heavy atom. The molecule has 0 aromatic carbocycles.